The molecule has 0 saturated heterocycles. The van der Waals surface area contributed by atoms with E-state index in [9.17, 15) is 4.79 Å². The topological polar surface area (TPSA) is 59.9 Å². The second-order valence-corrected chi connectivity index (χ2v) is 6.59. The largest absolute Gasteiger partial charge is 0.496 e. The van der Waals surface area contributed by atoms with Crippen molar-refractivity contribution in [3.63, 3.8) is 0 Å². The number of aromatic nitrogens is 3. The molecule has 0 radical (unpaired) electrons. The number of hydrogen-bond acceptors (Lipinski definition) is 3. The van der Waals surface area contributed by atoms with Gasteiger partial charge in [-0.1, -0.05) is 29.3 Å². The van der Waals surface area contributed by atoms with E-state index in [0.29, 0.717) is 27.3 Å². The van der Waals surface area contributed by atoms with Crippen molar-refractivity contribution in [1.29, 1.82) is 0 Å². The van der Waals surface area contributed by atoms with Crippen LogP contribution in [0.5, 0.6) is 5.75 Å². The van der Waals surface area contributed by atoms with Crippen LogP contribution in [0.2, 0.25) is 10.0 Å². The van der Waals surface area contributed by atoms with Crippen LogP contribution in [-0.4, -0.2) is 21.9 Å². The van der Waals surface area contributed by atoms with Crippen LogP contribution in [-0.2, 0) is 0 Å². The highest BCUT2D eigenvalue weighted by Gasteiger charge is 2.15. The van der Waals surface area contributed by atoms with E-state index >= 15 is 0 Å². The molecule has 1 aromatic heterocycles. The van der Waals surface area contributed by atoms with E-state index in [-0.39, 0.29) is 0 Å². The number of halogens is 3. The molecule has 0 spiro atoms. The van der Waals surface area contributed by atoms with E-state index in [1.54, 1.807) is 31.4 Å². The van der Waals surface area contributed by atoms with Gasteiger partial charge in [0, 0.05) is 5.56 Å². The number of rotatable bonds is 3. The zero-order valence-electron chi connectivity index (χ0n) is 11.8. The Balaban J connectivity index is 2.14. The number of ether oxygens (including phenoxy) is 1. The minimum absolute atomic E-state index is 0.345. The van der Waals surface area contributed by atoms with Gasteiger partial charge in [-0.2, -0.15) is 4.68 Å². The lowest BCUT2D eigenvalue weighted by molar-refractivity contribution is 0.412. The standard InChI is InChI=1S/C15H10Cl2IN3O2/c1-23-12-7-8(5-6-11(12)18)14-19-15(22)21(20-14)13-9(16)3-2-4-10(13)17/h2-7H,1H3,(H,19,20,22). The summed E-state index contributed by atoms with van der Waals surface area (Å²) in [6.45, 7) is 0. The Morgan fingerprint density at radius 3 is 2.57 bits per heavy atom. The predicted octanol–water partition coefficient (Wildman–Crippen LogP) is 4.15. The van der Waals surface area contributed by atoms with E-state index in [1.165, 1.54) is 0 Å². The molecule has 2 aromatic carbocycles. The molecule has 1 heterocycles. The van der Waals surface area contributed by atoms with Gasteiger partial charge in [0.2, 0.25) is 0 Å². The van der Waals surface area contributed by atoms with Gasteiger partial charge in [0.25, 0.3) is 0 Å². The quantitative estimate of drug-likeness (QED) is 0.596. The van der Waals surface area contributed by atoms with E-state index in [0.717, 1.165) is 13.8 Å². The number of hydrogen-bond donors (Lipinski definition) is 1. The third-order valence-corrected chi connectivity index (χ3v) is 4.69. The predicted molar refractivity (Wildman–Crippen MR) is 98.9 cm³/mol. The Labute approximate surface area is 155 Å². The lowest BCUT2D eigenvalue weighted by Gasteiger charge is -2.05. The van der Waals surface area contributed by atoms with Crippen LogP contribution in [0.25, 0.3) is 17.1 Å². The molecular formula is C15H10Cl2IN3O2. The summed E-state index contributed by atoms with van der Waals surface area (Å²) in [4.78, 5) is 14.9. The van der Waals surface area contributed by atoms with E-state index in [2.05, 4.69) is 32.7 Å². The molecule has 0 fully saturated rings. The molecule has 0 saturated carbocycles. The molecule has 0 aliphatic carbocycles. The number of H-pyrrole nitrogens is 1. The molecular weight excluding hydrogens is 452 g/mol. The van der Waals surface area contributed by atoms with Gasteiger partial charge in [-0.05, 0) is 52.9 Å². The second kappa shape index (κ2) is 6.54. The first-order valence-electron chi connectivity index (χ1n) is 6.49. The minimum Gasteiger partial charge on any atom is -0.496 e. The van der Waals surface area contributed by atoms with Crippen LogP contribution in [0.3, 0.4) is 0 Å². The van der Waals surface area contributed by atoms with Crippen LogP contribution in [0, 0.1) is 3.57 Å². The molecule has 8 heteroatoms. The maximum atomic E-state index is 12.2. The zero-order chi connectivity index (χ0) is 16.6. The fraction of sp³-hybridized carbons (Fsp3) is 0.0667. The van der Waals surface area contributed by atoms with Crippen LogP contribution in [0.15, 0.2) is 41.2 Å². The van der Waals surface area contributed by atoms with Crippen molar-refractivity contribution >= 4 is 45.8 Å². The second-order valence-electron chi connectivity index (χ2n) is 4.61. The zero-order valence-corrected chi connectivity index (χ0v) is 15.5. The molecule has 3 rings (SSSR count). The number of para-hydroxylation sites is 1. The van der Waals surface area contributed by atoms with Gasteiger partial charge in [-0.3, -0.25) is 4.98 Å². The van der Waals surface area contributed by atoms with Crippen molar-refractivity contribution in [3.05, 3.63) is 60.5 Å². The molecule has 5 nitrogen and oxygen atoms in total. The van der Waals surface area contributed by atoms with Crippen LogP contribution >= 0.6 is 45.8 Å². The van der Waals surface area contributed by atoms with Crippen molar-refractivity contribution in [1.82, 2.24) is 14.8 Å². The molecule has 1 N–H and O–H groups in total. The Kier molecular flexibility index (Phi) is 4.65. The van der Waals surface area contributed by atoms with Gasteiger partial charge >= 0.3 is 5.69 Å². The molecule has 23 heavy (non-hydrogen) atoms. The van der Waals surface area contributed by atoms with Gasteiger partial charge in [0.1, 0.15) is 11.4 Å². The summed E-state index contributed by atoms with van der Waals surface area (Å²) >= 11 is 14.5. The molecule has 0 aliphatic rings. The molecule has 0 atom stereocenters. The maximum absolute atomic E-state index is 12.2. The number of methoxy groups -OCH3 is 1. The molecule has 0 amide bonds. The van der Waals surface area contributed by atoms with Crippen LogP contribution in [0.1, 0.15) is 0 Å². The first-order valence-corrected chi connectivity index (χ1v) is 8.32. The van der Waals surface area contributed by atoms with Crippen LogP contribution in [0.4, 0.5) is 0 Å². The van der Waals surface area contributed by atoms with Gasteiger partial charge in [-0.25, -0.2) is 4.79 Å². The van der Waals surface area contributed by atoms with Crippen molar-refractivity contribution in [2.24, 2.45) is 0 Å². The molecule has 0 unspecified atom stereocenters. The normalized spacial score (nSPS) is 10.8. The molecule has 3 aromatic rings. The lowest BCUT2D eigenvalue weighted by Crippen LogP contribution is -2.16. The first-order chi connectivity index (χ1) is 11.0. The maximum Gasteiger partial charge on any atom is 0.348 e. The summed E-state index contributed by atoms with van der Waals surface area (Å²) in [5.74, 6) is 1.11. The number of nitrogens with zero attached hydrogens (tertiary/aromatic N) is 2. The van der Waals surface area contributed by atoms with Gasteiger partial charge in [0.05, 0.1) is 20.7 Å². The van der Waals surface area contributed by atoms with Crippen molar-refractivity contribution in [3.8, 4) is 22.8 Å². The number of nitrogens with one attached hydrogen (secondary N) is 1. The van der Waals surface area contributed by atoms with Crippen molar-refractivity contribution in [2.75, 3.05) is 7.11 Å². The Morgan fingerprint density at radius 2 is 1.91 bits per heavy atom. The summed E-state index contributed by atoms with van der Waals surface area (Å²) in [6, 6.07) is 10.5. The molecule has 118 valence electrons. The highest BCUT2D eigenvalue weighted by molar-refractivity contribution is 14.1. The monoisotopic (exact) mass is 461 g/mol. The van der Waals surface area contributed by atoms with Gasteiger partial charge in [-0.15, -0.1) is 5.10 Å². The first kappa shape index (κ1) is 16.4. The highest BCUT2D eigenvalue weighted by Crippen LogP contribution is 2.29. The fourth-order valence-corrected chi connectivity index (χ4v) is 3.22. The third kappa shape index (κ3) is 3.11. The molecule has 0 aliphatic heterocycles. The van der Waals surface area contributed by atoms with Gasteiger partial charge in [0.15, 0.2) is 5.82 Å². The summed E-state index contributed by atoms with van der Waals surface area (Å²) < 4.78 is 7.41. The number of aromatic amines is 1. The summed E-state index contributed by atoms with van der Waals surface area (Å²) in [7, 11) is 1.59. The third-order valence-electron chi connectivity index (χ3n) is 3.19. The Hall–Kier alpha value is -1.51. The smallest absolute Gasteiger partial charge is 0.348 e. The fourth-order valence-electron chi connectivity index (χ4n) is 2.10. The highest BCUT2D eigenvalue weighted by atomic mass is 127. The van der Waals surface area contributed by atoms with E-state index < -0.39 is 5.69 Å². The average Bonchev–Trinajstić information content (AvgIpc) is 2.89. The summed E-state index contributed by atoms with van der Waals surface area (Å²) in [5.41, 5.74) is 0.648. The summed E-state index contributed by atoms with van der Waals surface area (Å²) in [6.07, 6.45) is 0. The van der Waals surface area contributed by atoms with Crippen LogP contribution < -0.4 is 10.4 Å². The minimum atomic E-state index is -0.424. The van der Waals surface area contributed by atoms with Crippen molar-refractivity contribution < 1.29 is 4.74 Å². The Morgan fingerprint density at radius 1 is 1.22 bits per heavy atom. The number of benzene rings is 2. The lowest BCUT2D eigenvalue weighted by atomic mass is 10.2. The SMILES string of the molecule is COc1cc(-c2nn(-c3c(Cl)cccc3Cl)c(=O)[nH]2)ccc1I. The van der Waals surface area contributed by atoms with Gasteiger partial charge < -0.3 is 4.74 Å². The Bertz CT molecular complexity index is 916. The summed E-state index contributed by atoms with van der Waals surface area (Å²) in [5, 5.41) is 4.99. The average molecular weight is 462 g/mol. The molecule has 0 bridgehead atoms. The van der Waals surface area contributed by atoms with Crippen molar-refractivity contribution in [2.45, 2.75) is 0 Å². The van der Waals surface area contributed by atoms with E-state index in [4.69, 9.17) is 27.9 Å². The van der Waals surface area contributed by atoms with E-state index in [1.807, 2.05) is 12.1 Å².